The van der Waals surface area contributed by atoms with Crippen LogP contribution in [0.2, 0.25) is 0 Å². The fourth-order valence-corrected chi connectivity index (χ4v) is 0.611. The zero-order valence-corrected chi connectivity index (χ0v) is 7.15. The second kappa shape index (κ2) is 5.49. The van der Waals surface area contributed by atoms with Crippen molar-refractivity contribution in [2.75, 3.05) is 13.7 Å². The molecule has 0 aromatic rings. The quantitative estimate of drug-likeness (QED) is 0.549. The van der Waals surface area contributed by atoms with E-state index in [-0.39, 0.29) is 6.61 Å². The summed E-state index contributed by atoms with van der Waals surface area (Å²) in [6.07, 6.45) is -1.65. The molecule has 1 unspecified atom stereocenters. The standard InChI is InChI=1S/C7H16O4/c1-5(9)7(4-8)11-6(2)10-3/h5-9H,4H2,1-3H3/t5-,6-,7?/m0/s1. The lowest BCUT2D eigenvalue weighted by Gasteiger charge is -2.21. The third-order valence-corrected chi connectivity index (χ3v) is 1.42. The van der Waals surface area contributed by atoms with E-state index in [1.807, 2.05) is 0 Å². The Morgan fingerprint density at radius 2 is 1.91 bits per heavy atom. The average molecular weight is 164 g/mol. The van der Waals surface area contributed by atoms with Crippen molar-refractivity contribution in [3.63, 3.8) is 0 Å². The lowest BCUT2D eigenvalue weighted by molar-refractivity contribution is -0.177. The molecule has 0 aromatic heterocycles. The Labute approximate surface area is 66.7 Å². The predicted molar refractivity (Wildman–Crippen MR) is 40.1 cm³/mol. The van der Waals surface area contributed by atoms with Gasteiger partial charge in [-0.05, 0) is 13.8 Å². The topological polar surface area (TPSA) is 58.9 Å². The molecule has 0 aliphatic heterocycles. The number of hydrogen-bond donors (Lipinski definition) is 2. The molecule has 0 rings (SSSR count). The maximum absolute atomic E-state index is 9.02. The van der Waals surface area contributed by atoms with Crippen molar-refractivity contribution < 1.29 is 19.7 Å². The summed E-state index contributed by atoms with van der Waals surface area (Å²) in [5, 5.41) is 17.7. The minimum atomic E-state index is -0.683. The summed E-state index contributed by atoms with van der Waals surface area (Å²) in [5.74, 6) is 0. The molecule has 0 aliphatic rings. The highest BCUT2D eigenvalue weighted by Gasteiger charge is 2.16. The molecule has 0 bridgehead atoms. The van der Waals surface area contributed by atoms with Gasteiger partial charge in [0, 0.05) is 7.11 Å². The minimum absolute atomic E-state index is 0.203. The largest absolute Gasteiger partial charge is 0.394 e. The molecule has 4 nitrogen and oxygen atoms in total. The Kier molecular flexibility index (Phi) is 5.41. The monoisotopic (exact) mass is 164 g/mol. The van der Waals surface area contributed by atoms with Crippen molar-refractivity contribution in [1.29, 1.82) is 0 Å². The summed E-state index contributed by atoms with van der Waals surface area (Å²) in [5.41, 5.74) is 0. The summed E-state index contributed by atoms with van der Waals surface area (Å²) < 4.78 is 9.88. The van der Waals surface area contributed by atoms with E-state index in [1.165, 1.54) is 7.11 Å². The molecule has 2 N–H and O–H groups in total. The highest BCUT2D eigenvalue weighted by molar-refractivity contribution is 4.62. The minimum Gasteiger partial charge on any atom is -0.394 e. The molecule has 0 amide bonds. The van der Waals surface area contributed by atoms with Crippen molar-refractivity contribution in [2.24, 2.45) is 0 Å². The van der Waals surface area contributed by atoms with Crippen LogP contribution < -0.4 is 0 Å². The fourth-order valence-electron chi connectivity index (χ4n) is 0.611. The Morgan fingerprint density at radius 3 is 2.18 bits per heavy atom. The molecule has 0 saturated carbocycles. The maximum atomic E-state index is 9.02. The number of hydrogen-bond acceptors (Lipinski definition) is 4. The van der Waals surface area contributed by atoms with E-state index < -0.39 is 18.5 Å². The number of aliphatic hydroxyl groups excluding tert-OH is 2. The van der Waals surface area contributed by atoms with Gasteiger partial charge in [0.25, 0.3) is 0 Å². The van der Waals surface area contributed by atoms with Gasteiger partial charge in [-0.25, -0.2) is 0 Å². The molecular weight excluding hydrogens is 148 g/mol. The van der Waals surface area contributed by atoms with Crippen LogP contribution in [0, 0.1) is 0 Å². The second-order valence-corrected chi connectivity index (χ2v) is 2.40. The van der Waals surface area contributed by atoms with Crippen LogP contribution in [-0.4, -0.2) is 42.4 Å². The molecule has 0 radical (unpaired) electrons. The molecule has 0 heterocycles. The van der Waals surface area contributed by atoms with Crippen molar-refractivity contribution in [1.82, 2.24) is 0 Å². The Hall–Kier alpha value is -0.160. The molecule has 0 fully saturated rings. The molecule has 4 heteroatoms. The fraction of sp³-hybridized carbons (Fsp3) is 1.00. The first-order valence-electron chi connectivity index (χ1n) is 3.59. The molecule has 0 aliphatic carbocycles. The van der Waals surface area contributed by atoms with Crippen LogP contribution in [0.25, 0.3) is 0 Å². The Morgan fingerprint density at radius 1 is 1.36 bits per heavy atom. The number of aliphatic hydroxyl groups is 2. The lowest BCUT2D eigenvalue weighted by atomic mass is 10.2. The molecule has 0 aromatic carbocycles. The van der Waals surface area contributed by atoms with Gasteiger partial charge in [-0.15, -0.1) is 0 Å². The van der Waals surface area contributed by atoms with Gasteiger partial charge < -0.3 is 19.7 Å². The molecule has 3 atom stereocenters. The normalized spacial score (nSPS) is 19.4. The molecule has 0 saturated heterocycles. The summed E-state index contributed by atoms with van der Waals surface area (Å²) in [4.78, 5) is 0. The molecule has 68 valence electrons. The van der Waals surface area contributed by atoms with Crippen molar-refractivity contribution >= 4 is 0 Å². The van der Waals surface area contributed by atoms with Crippen LogP contribution >= 0.6 is 0 Å². The summed E-state index contributed by atoms with van der Waals surface area (Å²) in [7, 11) is 1.50. The van der Waals surface area contributed by atoms with Crippen molar-refractivity contribution in [2.45, 2.75) is 32.3 Å². The van der Waals surface area contributed by atoms with Gasteiger partial charge in [0.1, 0.15) is 6.10 Å². The van der Waals surface area contributed by atoms with Gasteiger partial charge in [0.05, 0.1) is 12.7 Å². The number of ether oxygens (including phenoxy) is 2. The van der Waals surface area contributed by atoms with Crippen LogP contribution in [0.1, 0.15) is 13.8 Å². The highest BCUT2D eigenvalue weighted by atomic mass is 16.7. The van der Waals surface area contributed by atoms with E-state index in [1.54, 1.807) is 13.8 Å². The highest BCUT2D eigenvalue weighted by Crippen LogP contribution is 2.02. The van der Waals surface area contributed by atoms with Gasteiger partial charge in [-0.1, -0.05) is 0 Å². The van der Waals surface area contributed by atoms with E-state index in [0.29, 0.717) is 0 Å². The first-order chi connectivity index (χ1) is 5.11. The number of methoxy groups -OCH3 is 1. The van der Waals surface area contributed by atoms with Gasteiger partial charge >= 0.3 is 0 Å². The maximum Gasteiger partial charge on any atom is 0.155 e. The van der Waals surface area contributed by atoms with Crippen molar-refractivity contribution in [3.05, 3.63) is 0 Å². The third-order valence-electron chi connectivity index (χ3n) is 1.42. The van der Waals surface area contributed by atoms with Crippen molar-refractivity contribution in [3.8, 4) is 0 Å². The van der Waals surface area contributed by atoms with E-state index in [2.05, 4.69) is 0 Å². The summed E-state index contributed by atoms with van der Waals surface area (Å²) in [6.45, 7) is 3.06. The number of rotatable bonds is 5. The second-order valence-electron chi connectivity index (χ2n) is 2.40. The van der Waals surface area contributed by atoms with Gasteiger partial charge in [-0.2, -0.15) is 0 Å². The average Bonchev–Trinajstić information content (AvgIpc) is 1.99. The summed E-state index contributed by atoms with van der Waals surface area (Å²) in [6, 6.07) is 0. The molecular formula is C7H16O4. The Bertz CT molecular complexity index is 94.4. The van der Waals surface area contributed by atoms with E-state index >= 15 is 0 Å². The SMILES string of the molecule is CO[C@H](C)OC(CO)[C@H](C)O. The van der Waals surface area contributed by atoms with Crippen LogP contribution in [0.3, 0.4) is 0 Å². The zero-order chi connectivity index (χ0) is 8.85. The first-order valence-corrected chi connectivity index (χ1v) is 3.59. The first kappa shape index (κ1) is 10.8. The third kappa shape index (κ3) is 4.31. The summed E-state index contributed by atoms with van der Waals surface area (Å²) >= 11 is 0. The molecule has 0 spiro atoms. The van der Waals surface area contributed by atoms with Crippen LogP contribution in [0.5, 0.6) is 0 Å². The zero-order valence-electron chi connectivity index (χ0n) is 7.15. The van der Waals surface area contributed by atoms with E-state index in [9.17, 15) is 0 Å². The van der Waals surface area contributed by atoms with E-state index in [0.717, 1.165) is 0 Å². The van der Waals surface area contributed by atoms with Crippen LogP contribution in [0.15, 0.2) is 0 Å². The predicted octanol–water partition coefficient (Wildman–Crippen LogP) is -0.263. The lowest BCUT2D eigenvalue weighted by Crippen LogP contribution is -2.33. The van der Waals surface area contributed by atoms with Gasteiger partial charge in [-0.3, -0.25) is 0 Å². The molecule has 11 heavy (non-hydrogen) atoms. The van der Waals surface area contributed by atoms with Crippen LogP contribution in [0.4, 0.5) is 0 Å². The van der Waals surface area contributed by atoms with Gasteiger partial charge in [0.2, 0.25) is 0 Å². The van der Waals surface area contributed by atoms with Crippen LogP contribution in [-0.2, 0) is 9.47 Å². The van der Waals surface area contributed by atoms with E-state index in [4.69, 9.17) is 19.7 Å². The Balaban J connectivity index is 3.68. The van der Waals surface area contributed by atoms with Gasteiger partial charge in [0.15, 0.2) is 6.29 Å². The smallest absolute Gasteiger partial charge is 0.155 e.